The lowest BCUT2D eigenvalue weighted by atomic mass is 10.1. The van der Waals surface area contributed by atoms with Crippen molar-refractivity contribution in [2.45, 2.75) is 38.6 Å². The van der Waals surface area contributed by atoms with E-state index in [9.17, 15) is 9.59 Å². The van der Waals surface area contributed by atoms with E-state index in [-0.39, 0.29) is 24.3 Å². The Morgan fingerprint density at radius 3 is 3.00 bits per heavy atom. The summed E-state index contributed by atoms with van der Waals surface area (Å²) in [4.78, 5) is 32.7. The lowest BCUT2D eigenvalue weighted by molar-refractivity contribution is -0.118. The summed E-state index contributed by atoms with van der Waals surface area (Å²) in [5.41, 5.74) is 2.98. The number of rotatable bonds is 3. The molecule has 0 aliphatic carbocycles. The molecule has 1 unspecified atom stereocenters. The number of amides is 2. The molecule has 1 atom stereocenters. The topological polar surface area (TPSA) is 53.5 Å². The maximum atomic E-state index is 12.8. The number of anilines is 2. The summed E-state index contributed by atoms with van der Waals surface area (Å²) in [6.07, 6.45) is 2.65. The van der Waals surface area contributed by atoms with Gasteiger partial charge in [-0.25, -0.2) is 4.98 Å². The van der Waals surface area contributed by atoms with Crippen molar-refractivity contribution in [3.05, 3.63) is 40.9 Å². The van der Waals surface area contributed by atoms with Crippen molar-refractivity contribution in [1.82, 2.24) is 4.98 Å². The van der Waals surface area contributed by atoms with Crippen LogP contribution in [0.1, 0.15) is 31.0 Å². The zero-order valence-electron chi connectivity index (χ0n) is 13.6. The first kappa shape index (κ1) is 15.3. The highest BCUT2D eigenvalue weighted by Crippen LogP contribution is 2.32. The molecule has 0 N–H and O–H groups in total. The molecule has 124 valence electrons. The molecule has 0 spiro atoms. The quantitative estimate of drug-likeness (QED) is 0.863. The summed E-state index contributed by atoms with van der Waals surface area (Å²) in [6, 6.07) is 8.25. The van der Waals surface area contributed by atoms with E-state index in [1.54, 1.807) is 4.90 Å². The first-order valence-electron chi connectivity index (χ1n) is 8.28. The van der Waals surface area contributed by atoms with Crippen LogP contribution in [-0.4, -0.2) is 29.4 Å². The number of hydrogen-bond donors (Lipinski definition) is 0. The van der Waals surface area contributed by atoms with E-state index < -0.39 is 0 Å². The summed E-state index contributed by atoms with van der Waals surface area (Å²) in [6.45, 7) is 2.81. The summed E-state index contributed by atoms with van der Waals surface area (Å²) >= 11 is 1.44. The van der Waals surface area contributed by atoms with Gasteiger partial charge in [-0.3, -0.25) is 14.5 Å². The van der Waals surface area contributed by atoms with Gasteiger partial charge in [0, 0.05) is 30.1 Å². The highest BCUT2D eigenvalue weighted by Gasteiger charge is 2.31. The highest BCUT2D eigenvalue weighted by atomic mass is 32.1. The van der Waals surface area contributed by atoms with Gasteiger partial charge in [-0.15, -0.1) is 11.3 Å². The van der Waals surface area contributed by atoms with Crippen molar-refractivity contribution >= 4 is 34.0 Å². The van der Waals surface area contributed by atoms with Gasteiger partial charge in [-0.2, -0.15) is 0 Å². The van der Waals surface area contributed by atoms with Gasteiger partial charge in [0.2, 0.25) is 11.8 Å². The minimum atomic E-state index is 0.0667. The number of thiazole rings is 1. The molecule has 1 aromatic heterocycles. The molecule has 4 rings (SSSR count). The number of aromatic nitrogens is 1. The molecule has 0 bridgehead atoms. The van der Waals surface area contributed by atoms with Crippen LogP contribution in [-0.2, 0) is 22.4 Å². The van der Waals surface area contributed by atoms with Crippen LogP contribution >= 0.6 is 11.3 Å². The normalized spacial score (nSPS) is 19.9. The maximum absolute atomic E-state index is 12.8. The van der Waals surface area contributed by atoms with Crippen LogP contribution in [0.2, 0.25) is 0 Å². The Bertz CT molecular complexity index is 801. The Morgan fingerprint density at radius 2 is 2.21 bits per heavy atom. The fourth-order valence-corrected chi connectivity index (χ4v) is 4.41. The number of carbonyl (C=O) groups is 2. The van der Waals surface area contributed by atoms with Gasteiger partial charge in [0.25, 0.3) is 0 Å². The van der Waals surface area contributed by atoms with Crippen LogP contribution in [0.3, 0.4) is 0 Å². The minimum Gasteiger partial charge on any atom is -0.309 e. The Kier molecular flexibility index (Phi) is 3.84. The predicted octanol–water partition coefficient (Wildman–Crippen LogP) is 2.79. The summed E-state index contributed by atoms with van der Waals surface area (Å²) in [5, 5.41) is 2.61. The third kappa shape index (κ3) is 2.60. The van der Waals surface area contributed by atoms with E-state index in [1.165, 1.54) is 16.9 Å². The molecule has 2 aliphatic rings. The number of hydrogen-bond acceptors (Lipinski definition) is 4. The third-order valence-electron chi connectivity index (χ3n) is 4.65. The molecule has 1 aromatic carbocycles. The predicted molar refractivity (Wildman–Crippen MR) is 94.5 cm³/mol. The molecule has 1 fully saturated rings. The number of fused-ring (bicyclic) bond motifs is 1. The number of benzene rings is 1. The lowest BCUT2D eigenvalue weighted by Crippen LogP contribution is -2.36. The van der Waals surface area contributed by atoms with Crippen molar-refractivity contribution in [2.75, 3.05) is 16.3 Å². The van der Waals surface area contributed by atoms with Crippen LogP contribution in [0.15, 0.2) is 29.6 Å². The van der Waals surface area contributed by atoms with Crippen molar-refractivity contribution < 1.29 is 9.59 Å². The second-order valence-electron chi connectivity index (χ2n) is 6.39. The van der Waals surface area contributed by atoms with Gasteiger partial charge in [-0.05, 0) is 31.4 Å². The molecular weight excluding hydrogens is 322 g/mol. The molecule has 1 saturated heterocycles. The largest absolute Gasteiger partial charge is 0.309 e. The van der Waals surface area contributed by atoms with Gasteiger partial charge >= 0.3 is 0 Å². The molecule has 24 heavy (non-hydrogen) atoms. The zero-order valence-corrected chi connectivity index (χ0v) is 14.4. The van der Waals surface area contributed by atoms with Crippen molar-refractivity contribution in [1.29, 1.82) is 0 Å². The van der Waals surface area contributed by atoms with Gasteiger partial charge in [0.15, 0.2) is 5.13 Å². The van der Waals surface area contributed by atoms with Gasteiger partial charge in [0.1, 0.15) is 0 Å². The fraction of sp³-hybridized carbons (Fsp3) is 0.389. The minimum absolute atomic E-state index is 0.0667. The van der Waals surface area contributed by atoms with Crippen molar-refractivity contribution in [2.24, 2.45) is 0 Å². The standard InChI is InChI=1S/C18H19N3O2S/c1-12-9-13-5-2-3-6-15(13)21(12)17(23)10-14-11-24-18(19-14)20-8-4-7-16(20)22/h2-3,5-6,11-12H,4,7-10H2,1H3. The molecule has 0 radical (unpaired) electrons. The maximum Gasteiger partial charge on any atom is 0.233 e. The molecule has 5 nitrogen and oxygen atoms in total. The molecular formula is C18H19N3O2S. The van der Waals surface area contributed by atoms with Crippen molar-refractivity contribution in [3.8, 4) is 0 Å². The van der Waals surface area contributed by atoms with Crippen LogP contribution in [0.5, 0.6) is 0 Å². The summed E-state index contributed by atoms with van der Waals surface area (Å²) in [7, 11) is 0. The number of para-hydroxylation sites is 1. The molecule has 2 amide bonds. The van der Waals surface area contributed by atoms with E-state index in [2.05, 4.69) is 18.0 Å². The third-order valence-corrected chi connectivity index (χ3v) is 5.56. The average Bonchev–Trinajstić information content (AvgIpc) is 3.24. The van der Waals surface area contributed by atoms with E-state index in [0.717, 1.165) is 35.9 Å². The Labute approximate surface area is 144 Å². The van der Waals surface area contributed by atoms with E-state index in [4.69, 9.17) is 0 Å². The smallest absolute Gasteiger partial charge is 0.233 e. The van der Waals surface area contributed by atoms with E-state index in [0.29, 0.717) is 6.42 Å². The monoisotopic (exact) mass is 341 g/mol. The molecule has 2 aliphatic heterocycles. The van der Waals surface area contributed by atoms with Crippen LogP contribution in [0.25, 0.3) is 0 Å². The highest BCUT2D eigenvalue weighted by molar-refractivity contribution is 7.14. The lowest BCUT2D eigenvalue weighted by Gasteiger charge is -2.22. The first-order valence-corrected chi connectivity index (χ1v) is 9.16. The summed E-state index contributed by atoms with van der Waals surface area (Å²) < 4.78 is 0. The van der Waals surface area contributed by atoms with Crippen LogP contribution in [0.4, 0.5) is 10.8 Å². The number of nitrogens with zero attached hydrogens (tertiary/aromatic N) is 3. The Morgan fingerprint density at radius 1 is 1.38 bits per heavy atom. The second kappa shape index (κ2) is 6.02. The molecule has 6 heteroatoms. The molecule has 2 aromatic rings. The van der Waals surface area contributed by atoms with E-state index >= 15 is 0 Å². The Balaban J connectivity index is 1.51. The van der Waals surface area contributed by atoms with Gasteiger partial charge in [-0.1, -0.05) is 18.2 Å². The first-order chi connectivity index (χ1) is 11.6. The number of carbonyl (C=O) groups excluding carboxylic acids is 2. The van der Waals surface area contributed by atoms with Crippen molar-refractivity contribution in [3.63, 3.8) is 0 Å². The second-order valence-corrected chi connectivity index (χ2v) is 7.23. The fourth-order valence-electron chi connectivity index (χ4n) is 3.54. The summed E-state index contributed by atoms with van der Waals surface area (Å²) in [5.74, 6) is 0.196. The van der Waals surface area contributed by atoms with E-state index in [1.807, 2.05) is 28.5 Å². The van der Waals surface area contributed by atoms with Gasteiger partial charge in [0.05, 0.1) is 12.1 Å². The average molecular weight is 341 g/mol. The van der Waals surface area contributed by atoms with Crippen LogP contribution in [0, 0.1) is 0 Å². The van der Waals surface area contributed by atoms with Gasteiger partial charge < -0.3 is 4.90 Å². The molecule has 0 saturated carbocycles. The molecule has 3 heterocycles. The van der Waals surface area contributed by atoms with Crippen LogP contribution < -0.4 is 9.80 Å². The zero-order chi connectivity index (χ0) is 16.7. The SMILES string of the molecule is CC1Cc2ccccc2N1C(=O)Cc1csc(N2CCCC2=O)n1. The Hall–Kier alpha value is -2.21.